The molecular formula is C12H11Br2N3O. The standard InChI is InChI=1S/C12H11Br2N3O/c1-18-6-9-10(14)11(15)17-12(16-9)7-4-2-3-5-8(7)13/h2-5H,6H2,1H3,(H2,15,16,17). The van der Waals surface area contributed by atoms with Crippen LogP contribution in [0.4, 0.5) is 5.82 Å². The summed E-state index contributed by atoms with van der Waals surface area (Å²) < 4.78 is 6.70. The average molecular weight is 373 g/mol. The van der Waals surface area contributed by atoms with Crippen molar-refractivity contribution in [3.63, 3.8) is 0 Å². The maximum absolute atomic E-state index is 5.87. The predicted octanol–water partition coefficient (Wildman–Crippen LogP) is 3.40. The summed E-state index contributed by atoms with van der Waals surface area (Å²) in [5.41, 5.74) is 7.50. The number of benzene rings is 1. The second-order valence-corrected chi connectivity index (χ2v) is 5.25. The number of methoxy groups -OCH3 is 1. The lowest BCUT2D eigenvalue weighted by molar-refractivity contribution is 0.181. The lowest BCUT2D eigenvalue weighted by Gasteiger charge is -2.09. The van der Waals surface area contributed by atoms with E-state index in [0.717, 1.165) is 15.7 Å². The highest BCUT2D eigenvalue weighted by Gasteiger charge is 2.12. The highest BCUT2D eigenvalue weighted by atomic mass is 79.9. The molecule has 2 aromatic rings. The van der Waals surface area contributed by atoms with Gasteiger partial charge in [0.2, 0.25) is 0 Å². The lowest BCUT2D eigenvalue weighted by Crippen LogP contribution is -2.04. The molecule has 0 bridgehead atoms. The number of rotatable bonds is 3. The average Bonchev–Trinajstić information content (AvgIpc) is 2.35. The Labute approximate surface area is 122 Å². The maximum atomic E-state index is 5.87. The van der Waals surface area contributed by atoms with Crippen LogP contribution >= 0.6 is 31.9 Å². The summed E-state index contributed by atoms with van der Waals surface area (Å²) in [5.74, 6) is 0.984. The highest BCUT2D eigenvalue weighted by Crippen LogP contribution is 2.29. The van der Waals surface area contributed by atoms with Crippen molar-refractivity contribution in [2.75, 3.05) is 12.8 Å². The number of anilines is 1. The minimum absolute atomic E-state index is 0.380. The van der Waals surface area contributed by atoms with E-state index in [1.165, 1.54) is 0 Å². The molecule has 94 valence electrons. The molecule has 4 nitrogen and oxygen atoms in total. The van der Waals surface area contributed by atoms with Gasteiger partial charge in [-0.15, -0.1) is 0 Å². The number of halogens is 2. The highest BCUT2D eigenvalue weighted by molar-refractivity contribution is 9.11. The van der Waals surface area contributed by atoms with E-state index in [0.29, 0.717) is 22.7 Å². The van der Waals surface area contributed by atoms with Gasteiger partial charge in [-0.2, -0.15) is 0 Å². The number of nitrogen functional groups attached to an aromatic ring is 1. The molecule has 18 heavy (non-hydrogen) atoms. The third kappa shape index (κ3) is 2.71. The molecule has 1 aromatic carbocycles. The fourth-order valence-electron chi connectivity index (χ4n) is 1.51. The Morgan fingerprint density at radius 3 is 2.61 bits per heavy atom. The quantitative estimate of drug-likeness (QED) is 0.896. The van der Waals surface area contributed by atoms with E-state index in [1.54, 1.807) is 7.11 Å². The van der Waals surface area contributed by atoms with Crippen molar-refractivity contribution >= 4 is 37.7 Å². The number of hydrogen-bond acceptors (Lipinski definition) is 4. The molecule has 0 saturated heterocycles. The Bertz CT molecular complexity index is 575. The first-order chi connectivity index (χ1) is 8.63. The van der Waals surface area contributed by atoms with Gasteiger partial charge >= 0.3 is 0 Å². The van der Waals surface area contributed by atoms with Gasteiger partial charge in [0.15, 0.2) is 5.82 Å². The summed E-state index contributed by atoms with van der Waals surface area (Å²) >= 11 is 6.84. The fraction of sp³-hybridized carbons (Fsp3) is 0.167. The van der Waals surface area contributed by atoms with Gasteiger partial charge in [-0.1, -0.05) is 34.1 Å². The first-order valence-corrected chi connectivity index (χ1v) is 6.77. The molecule has 0 amide bonds. The van der Waals surface area contributed by atoms with Crippen molar-refractivity contribution < 1.29 is 4.74 Å². The van der Waals surface area contributed by atoms with Crippen LogP contribution in [0, 0.1) is 0 Å². The van der Waals surface area contributed by atoms with Gasteiger partial charge in [-0.3, -0.25) is 0 Å². The number of nitrogens with two attached hydrogens (primary N) is 1. The molecule has 0 saturated carbocycles. The molecule has 0 spiro atoms. The monoisotopic (exact) mass is 371 g/mol. The normalized spacial score (nSPS) is 10.6. The summed E-state index contributed by atoms with van der Waals surface area (Å²) in [5, 5.41) is 0. The number of aromatic nitrogens is 2. The zero-order chi connectivity index (χ0) is 13.1. The zero-order valence-corrected chi connectivity index (χ0v) is 12.8. The van der Waals surface area contributed by atoms with Crippen LogP contribution in [0.1, 0.15) is 5.69 Å². The maximum Gasteiger partial charge on any atom is 0.163 e. The minimum atomic E-state index is 0.380. The number of ether oxygens (including phenoxy) is 1. The van der Waals surface area contributed by atoms with Gasteiger partial charge in [-0.25, -0.2) is 9.97 Å². The summed E-state index contributed by atoms with van der Waals surface area (Å²) in [6.45, 7) is 0.380. The Morgan fingerprint density at radius 1 is 1.22 bits per heavy atom. The SMILES string of the molecule is COCc1nc(-c2ccccc2Br)nc(N)c1Br. The second kappa shape index (κ2) is 5.77. The Kier molecular flexibility index (Phi) is 4.31. The van der Waals surface area contributed by atoms with Crippen LogP contribution in [0.15, 0.2) is 33.2 Å². The third-order valence-electron chi connectivity index (χ3n) is 2.34. The van der Waals surface area contributed by atoms with E-state index in [2.05, 4.69) is 41.8 Å². The molecule has 0 atom stereocenters. The van der Waals surface area contributed by atoms with Crippen LogP contribution < -0.4 is 5.73 Å². The predicted molar refractivity (Wildman–Crippen MR) is 78.0 cm³/mol. The van der Waals surface area contributed by atoms with E-state index < -0.39 is 0 Å². The van der Waals surface area contributed by atoms with Gasteiger partial charge in [0.25, 0.3) is 0 Å². The van der Waals surface area contributed by atoms with Gasteiger partial charge < -0.3 is 10.5 Å². The van der Waals surface area contributed by atoms with Crippen LogP contribution in [-0.2, 0) is 11.3 Å². The van der Waals surface area contributed by atoms with Crippen molar-refractivity contribution in [2.24, 2.45) is 0 Å². The molecule has 0 aliphatic rings. The van der Waals surface area contributed by atoms with E-state index >= 15 is 0 Å². The molecule has 0 unspecified atom stereocenters. The van der Waals surface area contributed by atoms with Crippen LogP contribution in [-0.4, -0.2) is 17.1 Å². The van der Waals surface area contributed by atoms with Crippen molar-refractivity contribution in [2.45, 2.75) is 6.61 Å². The fourth-order valence-corrected chi connectivity index (χ4v) is 2.26. The molecule has 2 N–H and O–H groups in total. The number of nitrogens with zero attached hydrogens (tertiary/aromatic N) is 2. The molecule has 0 fully saturated rings. The van der Waals surface area contributed by atoms with Crippen LogP contribution in [0.2, 0.25) is 0 Å². The van der Waals surface area contributed by atoms with E-state index in [4.69, 9.17) is 10.5 Å². The topological polar surface area (TPSA) is 61.0 Å². The summed E-state index contributed by atoms with van der Waals surface area (Å²) in [7, 11) is 1.61. The zero-order valence-electron chi connectivity index (χ0n) is 9.65. The molecular weight excluding hydrogens is 362 g/mol. The van der Waals surface area contributed by atoms with Gasteiger partial charge in [-0.05, 0) is 22.0 Å². The second-order valence-electron chi connectivity index (χ2n) is 3.61. The largest absolute Gasteiger partial charge is 0.383 e. The molecule has 0 aliphatic heterocycles. The third-order valence-corrected chi connectivity index (χ3v) is 3.90. The van der Waals surface area contributed by atoms with Crippen molar-refractivity contribution in [1.29, 1.82) is 0 Å². The van der Waals surface area contributed by atoms with Gasteiger partial charge in [0, 0.05) is 17.1 Å². The van der Waals surface area contributed by atoms with Gasteiger partial charge in [0.1, 0.15) is 5.82 Å². The van der Waals surface area contributed by atoms with E-state index in [-0.39, 0.29) is 0 Å². The van der Waals surface area contributed by atoms with Crippen LogP contribution in [0.25, 0.3) is 11.4 Å². The molecule has 0 radical (unpaired) electrons. The summed E-state index contributed by atoms with van der Waals surface area (Å²) in [6, 6.07) is 7.74. The molecule has 1 heterocycles. The Morgan fingerprint density at radius 2 is 1.94 bits per heavy atom. The Balaban J connectivity index is 2.56. The lowest BCUT2D eigenvalue weighted by atomic mass is 10.2. The van der Waals surface area contributed by atoms with Crippen molar-refractivity contribution in [3.8, 4) is 11.4 Å². The van der Waals surface area contributed by atoms with Crippen molar-refractivity contribution in [1.82, 2.24) is 9.97 Å². The molecule has 2 rings (SSSR count). The summed E-state index contributed by atoms with van der Waals surface area (Å²) in [4.78, 5) is 8.74. The molecule has 1 aromatic heterocycles. The first-order valence-electron chi connectivity index (χ1n) is 5.19. The van der Waals surface area contributed by atoms with E-state index in [1.807, 2.05) is 24.3 Å². The first kappa shape index (κ1) is 13.5. The van der Waals surface area contributed by atoms with Crippen molar-refractivity contribution in [3.05, 3.63) is 38.9 Å². The van der Waals surface area contributed by atoms with Crippen LogP contribution in [0.3, 0.4) is 0 Å². The minimum Gasteiger partial charge on any atom is -0.383 e. The summed E-state index contributed by atoms with van der Waals surface area (Å²) in [6.07, 6.45) is 0. The molecule has 6 heteroatoms. The molecule has 0 aliphatic carbocycles. The van der Waals surface area contributed by atoms with Crippen LogP contribution in [0.5, 0.6) is 0 Å². The van der Waals surface area contributed by atoms with E-state index in [9.17, 15) is 0 Å². The smallest absolute Gasteiger partial charge is 0.163 e. The van der Waals surface area contributed by atoms with Gasteiger partial charge in [0.05, 0.1) is 16.8 Å². The number of hydrogen-bond donors (Lipinski definition) is 1. The Hall–Kier alpha value is -0.980.